The molecule has 0 bridgehead atoms. The van der Waals surface area contributed by atoms with Crippen LogP contribution in [0.5, 0.6) is 0 Å². The van der Waals surface area contributed by atoms with Crippen molar-refractivity contribution in [3.05, 3.63) is 0 Å². The van der Waals surface area contributed by atoms with Gasteiger partial charge < -0.3 is 4.74 Å². The van der Waals surface area contributed by atoms with Gasteiger partial charge >= 0.3 is 5.97 Å². The molecule has 0 spiro atoms. The van der Waals surface area contributed by atoms with Crippen LogP contribution in [-0.4, -0.2) is 17.4 Å². The summed E-state index contributed by atoms with van der Waals surface area (Å²) in [5.74, 6) is 0.208. The van der Waals surface area contributed by atoms with Crippen LogP contribution in [0.25, 0.3) is 0 Å². The monoisotopic (exact) mass is 212 g/mol. The molecular weight excluding hydrogens is 192 g/mol. The molecule has 15 heavy (non-hydrogen) atoms. The molecule has 86 valence electrons. The molecule has 0 radical (unpaired) electrons. The van der Waals surface area contributed by atoms with E-state index in [2.05, 4.69) is 6.92 Å². The lowest BCUT2D eigenvalue weighted by Crippen LogP contribution is -2.50. The molecular formula is C12H20O3. The van der Waals surface area contributed by atoms with Crippen LogP contribution in [0.1, 0.15) is 47.0 Å². The van der Waals surface area contributed by atoms with Crippen molar-refractivity contribution in [2.75, 3.05) is 0 Å². The molecule has 0 saturated heterocycles. The van der Waals surface area contributed by atoms with Crippen LogP contribution >= 0.6 is 0 Å². The molecule has 0 N–H and O–H groups in total. The van der Waals surface area contributed by atoms with E-state index in [1.54, 1.807) is 0 Å². The number of rotatable bonds is 2. The molecule has 0 aromatic heterocycles. The van der Waals surface area contributed by atoms with E-state index in [9.17, 15) is 9.59 Å². The summed E-state index contributed by atoms with van der Waals surface area (Å²) in [6, 6.07) is 0. The Morgan fingerprint density at radius 2 is 2.13 bits per heavy atom. The second-order valence-electron chi connectivity index (χ2n) is 4.91. The van der Waals surface area contributed by atoms with Crippen molar-refractivity contribution >= 4 is 11.8 Å². The Kier molecular flexibility index (Phi) is 3.53. The van der Waals surface area contributed by atoms with Gasteiger partial charge in [-0.1, -0.05) is 20.8 Å². The first-order chi connectivity index (χ1) is 6.88. The number of carbonyl (C=O) groups excluding carboxylic acids is 2. The minimum absolute atomic E-state index is 0.0569. The number of hydrogen-bond donors (Lipinski definition) is 0. The summed E-state index contributed by atoms with van der Waals surface area (Å²) < 4.78 is 5.31. The maximum atomic E-state index is 12.0. The lowest BCUT2D eigenvalue weighted by molar-refractivity contribution is -0.175. The fraction of sp³-hybridized carbons (Fsp3) is 0.833. The van der Waals surface area contributed by atoms with Gasteiger partial charge in [0.15, 0.2) is 11.4 Å². The maximum Gasteiger partial charge on any atom is 0.303 e. The molecule has 1 fully saturated rings. The standard InChI is InChI=1S/C12H20O3/c1-8(2)12(15-10(4)13)6-5-9(3)7-11(12)14/h8-9H,5-7H2,1-4H3/t9-,12+/m1/s1. The smallest absolute Gasteiger partial charge is 0.303 e. The number of ketones is 1. The zero-order valence-corrected chi connectivity index (χ0v) is 10.0. The van der Waals surface area contributed by atoms with Crippen molar-refractivity contribution in [3.63, 3.8) is 0 Å². The number of hydrogen-bond acceptors (Lipinski definition) is 3. The normalized spacial score (nSPS) is 31.8. The van der Waals surface area contributed by atoms with Crippen molar-refractivity contribution in [2.45, 2.75) is 52.6 Å². The number of ether oxygens (including phenoxy) is 1. The van der Waals surface area contributed by atoms with Crippen LogP contribution in [0.4, 0.5) is 0 Å². The minimum atomic E-state index is -0.849. The molecule has 0 aliphatic heterocycles. The SMILES string of the molecule is CC(=O)O[C@]1(C(C)C)CC[C@@H](C)CC1=O. The van der Waals surface area contributed by atoms with Gasteiger partial charge in [-0.15, -0.1) is 0 Å². The van der Waals surface area contributed by atoms with Gasteiger partial charge in [-0.25, -0.2) is 0 Å². The second-order valence-corrected chi connectivity index (χ2v) is 4.91. The van der Waals surface area contributed by atoms with Crippen molar-refractivity contribution < 1.29 is 14.3 Å². The third-order valence-corrected chi connectivity index (χ3v) is 3.27. The third kappa shape index (κ3) is 2.39. The molecule has 1 saturated carbocycles. The molecule has 1 rings (SSSR count). The predicted molar refractivity (Wildman–Crippen MR) is 57.4 cm³/mol. The van der Waals surface area contributed by atoms with E-state index in [-0.39, 0.29) is 17.7 Å². The van der Waals surface area contributed by atoms with Gasteiger partial charge in [0, 0.05) is 19.3 Å². The van der Waals surface area contributed by atoms with Gasteiger partial charge in [0.1, 0.15) is 0 Å². The van der Waals surface area contributed by atoms with Crippen molar-refractivity contribution in [3.8, 4) is 0 Å². The highest BCUT2D eigenvalue weighted by atomic mass is 16.6. The molecule has 1 aliphatic rings. The largest absolute Gasteiger partial charge is 0.451 e. The van der Waals surface area contributed by atoms with Gasteiger partial charge in [0.05, 0.1) is 0 Å². The quantitative estimate of drug-likeness (QED) is 0.660. The fourth-order valence-electron chi connectivity index (χ4n) is 2.28. The van der Waals surface area contributed by atoms with Crippen LogP contribution in [0.15, 0.2) is 0 Å². The number of esters is 1. The van der Waals surface area contributed by atoms with Gasteiger partial charge in [-0.2, -0.15) is 0 Å². The third-order valence-electron chi connectivity index (χ3n) is 3.27. The lowest BCUT2D eigenvalue weighted by atomic mass is 9.72. The molecule has 3 nitrogen and oxygen atoms in total. The summed E-state index contributed by atoms with van der Waals surface area (Å²) in [7, 11) is 0. The van der Waals surface area contributed by atoms with Crippen LogP contribution < -0.4 is 0 Å². The van der Waals surface area contributed by atoms with Gasteiger partial charge in [-0.3, -0.25) is 9.59 Å². The maximum absolute atomic E-state index is 12.0. The first-order valence-corrected chi connectivity index (χ1v) is 5.61. The number of Topliss-reactive ketones (excluding diaryl/α,β-unsaturated/α-hetero) is 1. The highest BCUT2D eigenvalue weighted by Crippen LogP contribution is 2.37. The molecule has 1 aliphatic carbocycles. The van der Waals surface area contributed by atoms with Gasteiger partial charge in [0.2, 0.25) is 0 Å². The Morgan fingerprint density at radius 3 is 2.53 bits per heavy atom. The summed E-state index contributed by atoms with van der Waals surface area (Å²) in [6.07, 6.45) is 2.16. The Balaban J connectivity index is 2.90. The van der Waals surface area contributed by atoms with E-state index in [0.29, 0.717) is 18.8 Å². The zero-order valence-electron chi connectivity index (χ0n) is 10.0. The predicted octanol–water partition coefficient (Wildman–Crippen LogP) is 2.33. The van der Waals surface area contributed by atoms with Crippen molar-refractivity contribution in [1.29, 1.82) is 0 Å². The Hall–Kier alpha value is -0.860. The number of carbonyl (C=O) groups is 2. The van der Waals surface area contributed by atoms with Gasteiger partial charge in [-0.05, 0) is 18.8 Å². The van der Waals surface area contributed by atoms with Crippen LogP contribution in [0, 0.1) is 11.8 Å². The minimum Gasteiger partial charge on any atom is -0.451 e. The summed E-state index contributed by atoms with van der Waals surface area (Å²) in [5, 5.41) is 0. The highest BCUT2D eigenvalue weighted by Gasteiger charge is 2.47. The highest BCUT2D eigenvalue weighted by molar-refractivity contribution is 5.90. The molecule has 0 aromatic rings. The summed E-state index contributed by atoms with van der Waals surface area (Å²) in [6.45, 7) is 7.32. The van der Waals surface area contributed by atoms with Gasteiger partial charge in [0.25, 0.3) is 0 Å². The van der Waals surface area contributed by atoms with Crippen LogP contribution in [-0.2, 0) is 14.3 Å². The lowest BCUT2D eigenvalue weighted by Gasteiger charge is -2.40. The average molecular weight is 212 g/mol. The van der Waals surface area contributed by atoms with E-state index in [0.717, 1.165) is 6.42 Å². The second kappa shape index (κ2) is 4.33. The molecule has 0 aromatic carbocycles. The summed E-state index contributed by atoms with van der Waals surface area (Å²) in [5.41, 5.74) is -0.849. The molecule has 0 heterocycles. The van der Waals surface area contributed by atoms with E-state index in [1.807, 2.05) is 13.8 Å². The molecule has 2 atom stereocenters. The topological polar surface area (TPSA) is 43.4 Å². The van der Waals surface area contributed by atoms with E-state index < -0.39 is 5.60 Å². The van der Waals surface area contributed by atoms with E-state index >= 15 is 0 Å². The summed E-state index contributed by atoms with van der Waals surface area (Å²) >= 11 is 0. The van der Waals surface area contributed by atoms with Crippen molar-refractivity contribution in [2.24, 2.45) is 11.8 Å². The molecule has 0 amide bonds. The zero-order chi connectivity index (χ0) is 11.6. The fourth-order valence-corrected chi connectivity index (χ4v) is 2.28. The summed E-state index contributed by atoms with van der Waals surface area (Å²) in [4.78, 5) is 23.1. The van der Waals surface area contributed by atoms with E-state index in [1.165, 1.54) is 6.92 Å². The Bertz CT molecular complexity index is 270. The van der Waals surface area contributed by atoms with E-state index in [4.69, 9.17) is 4.74 Å². The average Bonchev–Trinajstić information content (AvgIpc) is 2.09. The van der Waals surface area contributed by atoms with Crippen molar-refractivity contribution in [1.82, 2.24) is 0 Å². The first kappa shape index (κ1) is 12.2. The first-order valence-electron chi connectivity index (χ1n) is 5.61. The molecule has 0 unspecified atom stereocenters. The molecule has 3 heteroatoms. The Morgan fingerprint density at radius 1 is 1.53 bits per heavy atom. The van der Waals surface area contributed by atoms with Crippen LogP contribution in [0.3, 0.4) is 0 Å². The van der Waals surface area contributed by atoms with Crippen LogP contribution in [0.2, 0.25) is 0 Å². The Labute approximate surface area is 91.2 Å².